The van der Waals surface area contributed by atoms with E-state index < -0.39 is 23.4 Å². The Morgan fingerprint density at radius 2 is 2.08 bits per heavy atom. The molecule has 4 heterocycles. The van der Waals surface area contributed by atoms with Gasteiger partial charge in [-0.25, -0.2) is 19.2 Å². The molecule has 0 aliphatic carbocycles. The molecule has 36 heavy (non-hydrogen) atoms. The van der Waals surface area contributed by atoms with Crippen molar-refractivity contribution >= 4 is 40.0 Å². The van der Waals surface area contributed by atoms with Gasteiger partial charge in [0.1, 0.15) is 24.2 Å². The van der Waals surface area contributed by atoms with Crippen molar-refractivity contribution in [2.75, 3.05) is 43.1 Å². The summed E-state index contributed by atoms with van der Waals surface area (Å²) in [6.45, 7) is 6.77. The highest BCUT2D eigenvalue weighted by atomic mass is 19.1. The number of anilines is 3. The lowest BCUT2D eigenvalue weighted by molar-refractivity contribution is -0.134. The molecule has 2 aliphatic heterocycles. The predicted molar refractivity (Wildman–Crippen MR) is 133 cm³/mol. The molecule has 1 saturated heterocycles. The van der Waals surface area contributed by atoms with Crippen molar-refractivity contribution in [2.45, 2.75) is 26.9 Å². The van der Waals surface area contributed by atoms with Crippen LogP contribution in [0.2, 0.25) is 0 Å². The molecule has 5 rings (SSSR count). The number of halogens is 1. The van der Waals surface area contributed by atoms with Crippen LogP contribution in [0, 0.1) is 18.2 Å². The molecule has 188 valence electrons. The minimum atomic E-state index is -0.829. The smallest absolute Gasteiger partial charge is 0.413 e. The highest BCUT2D eigenvalue weighted by Gasteiger charge is 2.48. The zero-order valence-corrected chi connectivity index (χ0v) is 20.4. The fourth-order valence-electron chi connectivity index (χ4n) is 4.69. The zero-order valence-electron chi connectivity index (χ0n) is 20.4. The summed E-state index contributed by atoms with van der Waals surface area (Å²) in [5.74, 6) is 0.00522. The lowest BCUT2D eigenvalue weighted by atomic mass is 9.89. The highest BCUT2D eigenvalue weighted by molar-refractivity contribution is 5.99. The first-order chi connectivity index (χ1) is 17.1. The maximum Gasteiger partial charge on any atom is 0.413 e. The predicted octanol–water partition coefficient (Wildman–Crippen LogP) is 3.55. The number of fused-ring (bicyclic) bond motifs is 2. The van der Waals surface area contributed by atoms with Gasteiger partial charge in [-0.1, -0.05) is 0 Å². The van der Waals surface area contributed by atoms with E-state index in [9.17, 15) is 9.59 Å². The second kappa shape index (κ2) is 8.51. The Morgan fingerprint density at radius 3 is 2.81 bits per heavy atom. The first-order valence-electron chi connectivity index (χ1n) is 11.6. The fourth-order valence-corrected chi connectivity index (χ4v) is 4.69. The molecular formula is C25H27FN6O4. The van der Waals surface area contributed by atoms with Gasteiger partial charge in [-0.05, 0) is 43.9 Å². The summed E-state index contributed by atoms with van der Waals surface area (Å²) < 4.78 is 26.4. The summed E-state index contributed by atoms with van der Waals surface area (Å²) in [5, 5.41) is 6.83. The van der Waals surface area contributed by atoms with Gasteiger partial charge >= 0.3 is 6.09 Å². The van der Waals surface area contributed by atoms with Crippen LogP contribution < -0.4 is 21.1 Å². The number of hydrogen-bond donors (Lipinski definition) is 3. The van der Waals surface area contributed by atoms with Gasteiger partial charge in [0.15, 0.2) is 5.82 Å². The number of ether oxygens (including phenoxy) is 2. The van der Waals surface area contributed by atoms with E-state index >= 15 is 4.39 Å². The van der Waals surface area contributed by atoms with Gasteiger partial charge in [0.25, 0.3) is 0 Å². The van der Waals surface area contributed by atoms with E-state index in [0.29, 0.717) is 41.9 Å². The minimum absolute atomic E-state index is 0.0558. The minimum Gasteiger partial charge on any atom is -0.474 e. The third kappa shape index (κ3) is 3.80. The Balaban J connectivity index is 1.45. The van der Waals surface area contributed by atoms with E-state index in [4.69, 9.17) is 15.2 Å². The molecule has 11 heteroatoms. The molecule has 0 saturated carbocycles. The number of carbonyl (C=O) groups excluding carboxylic acids is 2. The van der Waals surface area contributed by atoms with E-state index in [-0.39, 0.29) is 23.0 Å². The normalized spacial score (nSPS) is 18.4. The highest BCUT2D eigenvalue weighted by Crippen LogP contribution is 2.39. The fraction of sp³-hybridized carbons (Fsp3) is 0.360. The van der Waals surface area contributed by atoms with Gasteiger partial charge in [-0.15, -0.1) is 0 Å². The van der Waals surface area contributed by atoms with Crippen LogP contribution in [0.1, 0.15) is 19.4 Å². The number of likely N-dealkylation sites (tertiary alicyclic amines) is 1. The van der Waals surface area contributed by atoms with Crippen molar-refractivity contribution in [3.8, 4) is 17.0 Å². The standard InChI is InChI=1S/C25H27FN6O4/c1-12-15(9-30-22-21(12)28-5-6-35-22)14-7-13-8-18(29-10-16(13)20(27)19(14)26)31-24(34)36-17-11-32(4)23(33)25(17,2)3/h7-10,17,28H,5-6,11,27H2,1-4H3,(H,29,31,34). The molecule has 2 amide bonds. The van der Waals surface area contributed by atoms with E-state index in [1.54, 1.807) is 39.2 Å². The maximum absolute atomic E-state index is 15.3. The van der Waals surface area contributed by atoms with Crippen LogP contribution in [0.25, 0.3) is 21.9 Å². The molecule has 1 atom stereocenters. The number of aromatic nitrogens is 2. The average Bonchev–Trinajstić information content (AvgIpc) is 3.04. The van der Waals surface area contributed by atoms with Gasteiger partial charge in [-0.3, -0.25) is 10.1 Å². The van der Waals surface area contributed by atoms with E-state index in [1.807, 2.05) is 6.92 Å². The number of rotatable bonds is 3. The molecule has 4 N–H and O–H groups in total. The molecule has 3 aromatic rings. The Hall–Kier alpha value is -4.15. The first kappa shape index (κ1) is 23.6. The number of nitrogens with one attached hydrogen (secondary N) is 2. The molecule has 0 spiro atoms. The van der Waals surface area contributed by atoms with Crippen molar-refractivity contribution in [2.24, 2.45) is 5.41 Å². The average molecular weight is 495 g/mol. The third-order valence-electron chi connectivity index (χ3n) is 6.86. The van der Waals surface area contributed by atoms with Gasteiger partial charge < -0.3 is 25.4 Å². The summed E-state index contributed by atoms with van der Waals surface area (Å²) in [6.07, 6.45) is 1.62. The Bertz CT molecular complexity index is 1410. The lowest BCUT2D eigenvalue weighted by Crippen LogP contribution is -2.36. The number of nitrogens with zero attached hydrogens (tertiary/aromatic N) is 3. The molecule has 1 unspecified atom stereocenters. The number of amides is 2. The summed E-state index contributed by atoms with van der Waals surface area (Å²) in [6, 6.07) is 3.24. The topological polar surface area (TPSA) is 132 Å². The van der Waals surface area contributed by atoms with E-state index in [1.165, 1.54) is 11.1 Å². The molecule has 2 aromatic heterocycles. The van der Waals surface area contributed by atoms with E-state index in [2.05, 4.69) is 20.6 Å². The van der Waals surface area contributed by atoms with Gasteiger partial charge in [0.2, 0.25) is 11.8 Å². The second-order valence-corrected chi connectivity index (χ2v) is 9.62. The quantitative estimate of drug-likeness (QED) is 0.471. The summed E-state index contributed by atoms with van der Waals surface area (Å²) in [5.41, 5.74) is 7.60. The van der Waals surface area contributed by atoms with Crippen LogP contribution in [0.15, 0.2) is 24.5 Å². The summed E-state index contributed by atoms with van der Waals surface area (Å²) >= 11 is 0. The van der Waals surface area contributed by atoms with Crippen LogP contribution >= 0.6 is 0 Å². The van der Waals surface area contributed by atoms with Gasteiger partial charge in [-0.2, -0.15) is 0 Å². The Kier molecular flexibility index (Phi) is 5.57. The zero-order chi connectivity index (χ0) is 25.8. The Labute approximate surface area is 207 Å². The van der Waals surface area contributed by atoms with Crippen LogP contribution in [-0.4, -0.2) is 59.7 Å². The lowest BCUT2D eigenvalue weighted by Gasteiger charge is -2.23. The van der Waals surface area contributed by atoms with Crippen molar-refractivity contribution in [3.05, 3.63) is 35.9 Å². The van der Waals surface area contributed by atoms with Crippen molar-refractivity contribution in [1.29, 1.82) is 0 Å². The molecule has 2 aliphatic rings. The molecule has 1 fully saturated rings. The molecule has 0 bridgehead atoms. The van der Waals surface area contributed by atoms with Crippen LogP contribution in [0.4, 0.5) is 26.4 Å². The first-order valence-corrected chi connectivity index (χ1v) is 11.6. The van der Waals surface area contributed by atoms with Gasteiger partial charge in [0, 0.05) is 42.5 Å². The van der Waals surface area contributed by atoms with Crippen molar-refractivity contribution in [3.63, 3.8) is 0 Å². The number of hydrogen-bond acceptors (Lipinski definition) is 8. The largest absolute Gasteiger partial charge is 0.474 e. The van der Waals surface area contributed by atoms with Gasteiger partial charge in [0.05, 0.1) is 17.6 Å². The number of nitrogen functional groups attached to an aromatic ring is 1. The number of pyridine rings is 2. The van der Waals surface area contributed by atoms with Crippen molar-refractivity contribution in [1.82, 2.24) is 14.9 Å². The monoisotopic (exact) mass is 494 g/mol. The third-order valence-corrected chi connectivity index (χ3v) is 6.86. The van der Waals surface area contributed by atoms with Crippen LogP contribution in [-0.2, 0) is 9.53 Å². The molecular weight excluding hydrogens is 467 g/mol. The van der Waals surface area contributed by atoms with Crippen molar-refractivity contribution < 1.29 is 23.5 Å². The molecule has 0 radical (unpaired) electrons. The molecule has 1 aromatic carbocycles. The number of benzene rings is 1. The van der Waals surface area contributed by atoms with E-state index in [0.717, 1.165) is 11.3 Å². The molecule has 10 nitrogen and oxygen atoms in total. The van der Waals surface area contributed by atoms with Crippen LogP contribution in [0.3, 0.4) is 0 Å². The number of carbonyl (C=O) groups is 2. The van der Waals surface area contributed by atoms with Crippen LogP contribution in [0.5, 0.6) is 5.88 Å². The maximum atomic E-state index is 15.3. The second-order valence-electron chi connectivity index (χ2n) is 9.62. The Morgan fingerprint density at radius 1 is 1.31 bits per heavy atom. The number of nitrogens with two attached hydrogens (primary N) is 1. The number of likely N-dealkylation sites (N-methyl/N-ethyl adjacent to an activating group) is 1. The SMILES string of the molecule is Cc1c(-c2cc3cc(NC(=O)OC4CN(C)C(=O)C4(C)C)ncc3c(N)c2F)cnc2c1NCCO2. The summed E-state index contributed by atoms with van der Waals surface area (Å²) in [4.78, 5) is 34.9. The summed E-state index contributed by atoms with van der Waals surface area (Å²) in [7, 11) is 1.67.